The highest BCUT2D eigenvalue weighted by Gasteiger charge is 2.27. The summed E-state index contributed by atoms with van der Waals surface area (Å²) in [7, 11) is 0. The third-order valence-corrected chi connectivity index (χ3v) is 4.97. The third kappa shape index (κ3) is 2.64. The lowest BCUT2D eigenvalue weighted by Crippen LogP contribution is -2.45. The standard InChI is InChI=1S/C14H20FNOS/c1-9-11(3)18-7-6-16(9)14-5-4-12(15)8-13(14)10(2)17/h4-5,8-11,17H,6-7H2,1-3H3. The maximum Gasteiger partial charge on any atom is 0.123 e. The van der Waals surface area contributed by atoms with E-state index in [-0.39, 0.29) is 5.82 Å². The summed E-state index contributed by atoms with van der Waals surface area (Å²) in [6, 6.07) is 5.10. The van der Waals surface area contributed by atoms with Crippen LogP contribution < -0.4 is 4.90 Å². The molecule has 0 amide bonds. The van der Waals surface area contributed by atoms with E-state index in [1.807, 2.05) is 11.8 Å². The van der Waals surface area contributed by atoms with Crippen molar-refractivity contribution in [3.05, 3.63) is 29.6 Å². The second kappa shape index (κ2) is 5.49. The minimum absolute atomic E-state index is 0.290. The van der Waals surface area contributed by atoms with Gasteiger partial charge in [-0.15, -0.1) is 0 Å². The molecule has 3 unspecified atom stereocenters. The molecule has 2 nitrogen and oxygen atoms in total. The summed E-state index contributed by atoms with van der Waals surface area (Å²) < 4.78 is 13.3. The Balaban J connectivity index is 2.37. The van der Waals surface area contributed by atoms with E-state index in [1.54, 1.807) is 13.0 Å². The van der Waals surface area contributed by atoms with Crippen molar-refractivity contribution in [1.82, 2.24) is 0 Å². The zero-order chi connectivity index (χ0) is 13.3. The van der Waals surface area contributed by atoms with E-state index in [1.165, 1.54) is 12.1 Å². The smallest absolute Gasteiger partial charge is 0.123 e. The normalized spacial score (nSPS) is 26.2. The molecule has 1 fully saturated rings. The van der Waals surface area contributed by atoms with Crippen molar-refractivity contribution in [2.45, 2.75) is 38.2 Å². The molecule has 100 valence electrons. The van der Waals surface area contributed by atoms with Crippen LogP contribution in [0.4, 0.5) is 10.1 Å². The molecule has 1 saturated heterocycles. The summed E-state index contributed by atoms with van der Waals surface area (Å²) in [6.07, 6.45) is -0.646. The van der Waals surface area contributed by atoms with Gasteiger partial charge in [-0.2, -0.15) is 11.8 Å². The monoisotopic (exact) mass is 269 g/mol. The number of rotatable bonds is 2. The van der Waals surface area contributed by atoms with Crippen LogP contribution in [-0.2, 0) is 0 Å². The van der Waals surface area contributed by atoms with Gasteiger partial charge in [0.15, 0.2) is 0 Å². The lowest BCUT2D eigenvalue weighted by atomic mass is 10.0. The first-order valence-corrected chi connectivity index (χ1v) is 7.41. The van der Waals surface area contributed by atoms with Gasteiger partial charge in [0.25, 0.3) is 0 Å². The number of thioether (sulfide) groups is 1. The van der Waals surface area contributed by atoms with Crippen LogP contribution in [0.3, 0.4) is 0 Å². The zero-order valence-corrected chi connectivity index (χ0v) is 11.9. The average Bonchev–Trinajstić information content (AvgIpc) is 2.33. The topological polar surface area (TPSA) is 23.5 Å². The van der Waals surface area contributed by atoms with Crippen LogP contribution in [0.25, 0.3) is 0 Å². The first-order chi connectivity index (χ1) is 8.50. The van der Waals surface area contributed by atoms with Gasteiger partial charge in [0.1, 0.15) is 5.82 Å². The SMILES string of the molecule is CC(O)c1cc(F)ccc1N1CCSC(C)C1C. The molecule has 4 heteroatoms. The summed E-state index contributed by atoms with van der Waals surface area (Å²) in [6.45, 7) is 7.03. The van der Waals surface area contributed by atoms with E-state index in [0.29, 0.717) is 16.9 Å². The number of hydrogen-bond acceptors (Lipinski definition) is 3. The van der Waals surface area contributed by atoms with Gasteiger partial charge in [-0.1, -0.05) is 6.92 Å². The Bertz CT molecular complexity index is 424. The Morgan fingerprint density at radius 1 is 1.44 bits per heavy atom. The Kier molecular flexibility index (Phi) is 4.17. The van der Waals surface area contributed by atoms with E-state index >= 15 is 0 Å². The molecule has 0 saturated carbocycles. The molecule has 0 radical (unpaired) electrons. The first-order valence-electron chi connectivity index (χ1n) is 6.36. The molecule has 3 atom stereocenters. The predicted octanol–water partition coefficient (Wildman–Crippen LogP) is 3.21. The first kappa shape index (κ1) is 13.7. The molecule has 1 aliphatic heterocycles. The van der Waals surface area contributed by atoms with Crippen LogP contribution in [0.15, 0.2) is 18.2 Å². The molecule has 1 heterocycles. The second-order valence-corrected chi connectivity index (χ2v) is 6.37. The molecular weight excluding hydrogens is 249 g/mol. The van der Waals surface area contributed by atoms with Gasteiger partial charge in [-0.05, 0) is 32.0 Å². The molecule has 1 N–H and O–H groups in total. The molecule has 1 aliphatic rings. The van der Waals surface area contributed by atoms with Crippen LogP contribution in [0, 0.1) is 5.82 Å². The molecule has 0 bridgehead atoms. The second-order valence-electron chi connectivity index (χ2n) is 4.89. The Labute approximate surface area is 112 Å². The van der Waals surface area contributed by atoms with Gasteiger partial charge >= 0.3 is 0 Å². The van der Waals surface area contributed by atoms with Gasteiger partial charge < -0.3 is 10.0 Å². The van der Waals surface area contributed by atoms with Gasteiger partial charge in [0.2, 0.25) is 0 Å². The molecule has 0 aromatic heterocycles. The fourth-order valence-corrected chi connectivity index (χ4v) is 3.49. The largest absolute Gasteiger partial charge is 0.389 e. The summed E-state index contributed by atoms with van der Waals surface area (Å²) in [4.78, 5) is 2.28. The van der Waals surface area contributed by atoms with Crippen molar-refractivity contribution < 1.29 is 9.50 Å². The molecule has 18 heavy (non-hydrogen) atoms. The van der Waals surface area contributed by atoms with Crippen molar-refractivity contribution in [2.75, 3.05) is 17.2 Å². The Hall–Kier alpha value is -0.740. The molecule has 2 rings (SSSR count). The van der Waals surface area contributed by atoms with E-state index in [0.717, 1.165) is 18.0 Å². The van der Waals surface area contributed by atoms with Crippen molar-refractivity contribution >= 4 is 17.4 Å². The summed E-state index contributed by atoms with van der Waals surface area (Å²) >= 11 is 1.96. The van der Waals surface area contributed by atoms with Crippen molar-refractivity contribution in [3.8, 4) is 0 Å². The van der Waals surface area contributed by atoms with Crippen LogP contribution in [0.5, 0.6) is 0 Å². The fourth-order valence-electron chi connectivity index (χ4n) is 2.39. The molecule has 0 spiro atoms. The van der Waals surface area contributed by atoms with Crippen LogP contribution in [0.2, 0.25) is 0 Å². The van der Waals surface area contributed by atoms with E-state index < -0.39 is 6.10 Å². The minimum Gasteiger partial charge on any atom is -0.389 e. The predicted molar refractivity (Wildman–Crippen MR) is 75.8 cm³/mol. The number of halogens is 1. The third-order valence-electron chi connectivity index (χ3n) is 3.63. The van der Waals surface area contributed by atoms with Gasteiger partial charge in [0, 0.05) is 34.8 Å². The quantitative estimate of drug-likeness (QED) is 0.892. The van der Waals surface area contributed by atoms with E-state index in [9.17, 15) is 9.50 Å². The maximum atomic E-state index is 13.3. The van der Waals surface area contributed by atoms with E-state index in [4.69, 9.17) is 0 Å². The fraction of sp³-hybridized carbons (Fsp3) is 0.571. The van der Waals surface area contributed by atoms with Crippen LogP contribution in [-0.4, -0.2) is 28.7 Å². The summed E-state index contributed by atoms with van der Waals surface area (Å²) in [5, 5.41) is 10.4. The number of anilines is 1. The molecular formula is C14H20FNOS. The highest BCUT2D eigenvalue weighted by Crippen LogP contribution is 2.33. The molecule has 1 aromatic carbocycles. The number of benzene rings is 1. The summed E-state index contributed by atoms with van der Waals surface area (Å²) in [5.41, 5.74) is 1.65. The minimum atomic E-state index is -0.646. The molecule has 0 aliphatic carbocycles. The highest BCUT2D eigenvalue weighted by atomic mass is 32.2. The molecule has 1 aromatic rings. The lowest BCUT2D eigenvalue weighted by Gasteiger charge is -2.40. The van der Waals surface area contributed by atoms with Crippen molar-refractivity contribution in [3.63, 3.8) is 0 Å². The van der Waals surface area contributed by atoms with Crippen LogP contribution in [0.1, 0.15) is 32.4 Å². The average molecular weight is 269 g/mol. The van der Waals surface area contributed by atoms with Gasteiger partial charge in [0.05, 0.1) is 6.10 Å². The summed E-state index contributed by atoms with van der Waals surface area (Å²) in [5.74, 6) is 0.782. The zero-order valence-electron chi connectivity index (χ0n) is 11.1. The number of aliphatic hydroxyl groups excluding tert-OH is 1. The number of nitrogens with zero attached hydrogens (tertiary/aromatic N) is 1. The van der Waals surface area contributed by atoms with Gasteiger partial charge in [-0.25, -0.2) is 4.39 Å². The van der Waals surface area contributed by atoms with Crippen LogP contribution >= 0.6 is 11.8 Å². The lowest BCUT2D eigenvalue weighted by molar-refractivity contribution is 0.199. The highest BCUT2D eigenvalue weighted by molar-refractivity contribution is 8.00. The van der Waals surface area contributed by atoms with Crippen molar-refractivity contribution in [1.29, 1.82) is 0 Å². The maximum absolute atomic E-state index is 13.3. The van der Waals surface area contributed by atoms with E-state index in [2.05, 4.69) is 18.7 Å². The van der Waals surface area contributed by atoms with Gasteiger partial charge in [-0.3, -0.25) is 0 Å². The number of hydrogen-bond donors (Lipinski definition) is 1. The Morgan fingerprint density at radius 2 is 2.17 bits per heavy atom. The number of aliphatic hydroxyl groups is 1. The van der Waals surface area contributed by atoms with Crippen molar-refractivity contribution in [2.24, 2.45) is 0 Å². The Morgan fingerprint density at radius 3 is 2.83 bits per heavy atom.